The van der Waals surface area contributed by atoms with E-state index in [1.165, 1.54) is 0 Å². The second-order valence-corrected chi connectivity index (χ2v) is 4.49. The predicted molar refractivity (Wildman–Crippen MR) is 59.7 cm³/mol. The molecule has 3 amide bonds. The Hall–Kier alpha value is -1.76. The van der Waals surface area contributed by atoms with E-state index in [2.05, 4.69) is 0 Å². The summed E-state index contributed by atoms with van der Waals surface area (Å²) in [5.41, 5.74) is 1.99. The molecule has 7 heteroatoms. The third-order valence-electron chi connectivity index (χ3n) is 2.71. The Kier molecular flexibility index (Phi) is 4.55. The van der Waals surface area contributed by atoms with E-state index in [0.29, 0.717) is 5.01 Å². The van der Waals surface area contributed by atoms with Gasteiger partial charge >= 0.3 is 0 Å². The van der Waals surface area contributed by atoms with Crippen LogP contribution >= 0.6 is 0 Å². The molecule has 1 rings (SSSR count). The number of amides is 3. The van der Waals surface area contributed by atoms with E-state index in [-0.39, 0.29) is 24.5 Å². The number of rotatable bonds is 5. The summed E-state index contributed by atoms with van der Waals surface area (Å²) < 4.78 is 0. The zero-order valence-corrected chi connectivity index (χ0v) is 10.3. The van der Waals surface area contributed by atoms with E-state index >= 15 is 0 Å². The molecule has 7 nitrogen and oxygen atoms in total. The van der Waals surface area contributed by atoms with Gasteiger partial charge in [-0.3, -0.25) is 24.6 Å². The van der Waals surface area contributed by atoms with Crippen molar-refractivity contribution in [2.75, 3.05) is 6.61 Å². The largest absolute Gasteiger partial charge is 0.386 e. The van der Waals surface area contributed by atoms with E-state index in [1.54, 1.807) is 13.8 Å². The van der Waals surface area contributed by atoms with Gasteiger partial charge in [-0.2, -0.15) is 5.01 Å². The average molecular weight is 256 g/mol. The fourth-order valence-corrected chi connectivity index (χ4v) is 1.61. The van der Waals surface area contributed by atoms with E-state index in [4.69, 9.17) is 5.11 Å². The van der Waals surface area contributed by atoms with Crippen LogP contribution in [0.4, 0.5) is 0 Å². The van der Waals surface area contributed by atoms with Crippen LogP contribution in [-0.4, -0.2) is 40.2 Å². The summed E-state index contributed by atoms with van der Waals surface area (Å²) in [5, 5.41) is 9.12. The van der Waals surface area contributed by atoms with Gasteiger partial charge in [0.2, 0.25) is 5.91 Å². The van der Waals surface area contributed by atoms with Gasteiger partial charge in [0.1, 0.15) is 12.4 Å². The van der Waals surface area contributed by atoms with Crippen LogP contribution in [-0.2, 0) is 19.2 Å². The van der Waals surface area contributed by atoms with Crippen LogP contribution in [0.25, 0.3) is 0 Å². The van der Waals surface area contributed by atoms with Gasteiger partial charge in [0.15, 0.2) is 0 Å². The molecule has 100 valence electrons. The highest BCUT2D eigenvalue weighted by molar-refractivity contribution is 6.06. The van der Waals surface area contributed by atoms with Crippen molar-refractivity contribution in [1.29, 1.82) is 0 Å². The van der Waals surface area contributed by atoms with Gasteiger partial charge in [0, 0.05) is 18.8 Å². The Labute approximate surface area is 104 Å². The quantitative estimate of drug-likeness (QED) is 0.614. The zero-order chi connectivity index (χ0) is 13.9. The molecular weight excluding hydrogens is 240 g/mol. The highest BCUT2D eigenvalue weighted by atomic mass is 16.3. The first kappa shape index (κ1) is 14.3. The van der Waals surface area contributed by atoms with E-state index in [9.17, 15) is 19.2 Å². The third-order valence-corrected chi connectivity index (χ3v) is 2.71. The van der Waals surface area contributed by atoms with Crippen molar-refractivity contribution in [2.24, 2.45) is 11.8 Å². The second-order valence-electron chi connectivity index (χ2n) is 4.49. The monoisotopic (exact) mass is 256 g/mol. The molecule has 1 aliphatic heterocycles. The zero-order valence-electron chi connectivity index (χ0n) is 10.3. The minimum Gasteiger partial charge on any atom is -0.386 e. The van der Waals surface area contributed by atoms with E-state index in [0.717, 1.165) is 0 Å². The molecule has 0 radical (unpaired) electrons. The summed E-state index contributed by atoms with van der Waals surface area (Å²) in [6, 6.07) is 0. The second kappa shape index (κ2) is 5.72. The highest BCUT2D eigenvalue weighted by Gasteiger charge is 2.40. The molecule has 1 atom stereocenters. The van der Waals surface area contributed by atoms with Gasteiger partial charge in [0.25, 0.3) is 11.8 Å². The first-order valence-corrected chi connectivity index (χ1v) is 5.66. The number of imide groups is 1. The Morgan fingerprint density at radius 1 is 1.44 bits per heavy atom. The number of hydrazine groups is 1. The minimum absolute atomic E-state index is 0.00621. The molecule has 1 aliphatic rings. The lowest BCUT2D eigenvalue weighted by Gasteiger charge is -2.15. The Morgan fingerprint density at radius 3 is 2.56 bits per heavy atom. The number of nitrogens with zero attached hydrogens (tertiary/aromatic N) is 1. The molecule has 0 bridgehead atoms. The molecular formula is C11H16N2O5. The maximum atomic E-state index is 11.8. The van der Waals surface area contributed by atoms with Gasteiger partial charge in [-0.25, -0.2) is 0 Å². The van der Waals surface area contributed by atoms with Gasteiger partial charge in [-0.1, -0.05) is 13.8 Å². The van der Waals surface area contributed by atoms with Crippen molar-refractivity contribution in [3.63, 3.8) is 0 Å². The lowest BCUT2D eigenvalue weighted by molar-refractivity contribution is -0.149. The molecule has 1 heterocycles. The maximum absolute atomic E-state index is 11.8. The number of carbonyl (C=O) groups excluding carboxylic acids is 4. The van der Waals surface area contributed by atoms with Crippen molar-refractivity contribution in [3.05, 3.63) is 0 Å². The van der Waals surface area contributed by atoms with Crippen LogP contribution in [0.1, 0.15) is 26.7 Å². The SMILES string of the molecule is CC(C)C(=O)CC1CC(=O)N(NC(=O)CO)C1=O. The molecule has 18 heavy (non-hydrogen) atoms. The number of aliphatic hydroxyl groups is 1. The summed E-state index contributed by atoms with van der Waals surface area (Å²) in [7, 11) is 0. The van der Waals surface area contributed by atoms with Crippen molar-refractivity contribution in [3.8, 4) is 0 Å². The summed E-state index contributed by atoms with van der Waals surface area (Å²) in [6.45, 7) is 2.62. The molecule has 0 saturated carbocycles. The lowest BCUT2D eigenvalue weighted by atomic mass is 9.95. The first-order chi connectivity index (χ1) is 8.36. The Morgan fingerprint density at radius 2 is 2.06 bits per heavy atom. The number of aliphatic hydroxyl groups excluding tert-OH is 1. The van der Waals surface area contributed by atoms with Crippen molar-refractivity contribution in [2.45, 2.75) is 26.7 Å². The van der Waals surface area contributed by atoms with Crippen molar-refractivity contribution < 1.29 is 24.3 Å². The summed E-state index contributed by atoms with van der Waals surface area (Å²) in [4.78, 5) is 45.7. The molecule has 0 aliphatic carbocycles. The van der Waals surface area contributed by atoms with Crippen molar-refractivity contribution in [1.82, 2.24) is 10.4 Å². The smallest absolute Gasteiger partial charge is 0.264 e. The maximum Gasteiger partial charge on any atom is 0.264 e. The molecule has 1 saturated heterocycles. The topological polar surface area (TPSA) is 104 Å². The lowest BCUT2D eigenvalue weighted by Crippen LogP contribution is -2.47. The molecule has 0 aromatic rings. The summed E-state index contributed by atoms with van der Waals surface area (Å²) in [5.74, 6) is -3.02. The number of hydrogen-bond acceptors (Lipinski definition) is 5. The number of carbonyl (C=O) groups is 4. The van der Waals surface area contributed by atoms with Crippen molar-refractivity contribution >= 4 is 23.5 Å². The van der Waals surface area contributed by atoms with Gasteiger partial charge in [-0.15, -0.1) is 0 Å². The normalized spacial score (nSPS) is 19.6. The molecule has 2 N–H and O–H groups in total. The fourth-order valence-electron chi connectivity index (χ4n) is 1.61. The van der Waals surface area contributed by atoms with Gasteiger partial charge in [0.05, 0.1) is 5.92 Å². The van der Waals surface area contributed by atoms with Crippen LogP contribution in [0.3, 0.4) is 0 Å². The molecule has 1 unspecified atom stereocenters. The predicted octanol–water partition coefficient (Wildman–Crippen LogP) is -1.000. The Bertz CT molecular complexity index is 391. The van der Waals surface area contributed by atoms with Gasteiger partial charge < -0.3 is 5.11 Å². The summed E-state index contributed by atoms with van der Waals surface area (Å²) in [6.07, 6.45) is -0.100. The third kappa shape index (κ3) is 3.13. The number of ketones is 1. The molecule has 0 aromatic carbocycles. The number of nitrogens with one attached hydrogen (secondary N) is 1. The van der Waals surface area contributed by atoms with Crippen LogP contribution in [0, 0.1) is 11.8 Å². The molecule has 0 aromatic heterocycles. The minimum atomic E-state index is -0.840. The fraction of sp³-hybridized carbons (Fsp3) is 0.636. The van der Waals surface area contributed by atoms with Crippen LogP contribution in [0.2, 0.25) is 0 Å². The van der Waals surface area contributed by atoms with E-state index < -0.39 is 30.2 Å². The molecule has 1 fully saturated rings. The van der Waals surface area contributed by atoms with E-state index in [1.807, 2.05) is 5.43 Å². The summed E-state index contributed by atoms with van der Waals surface area (Å²) >= 11 is 0. The standard InChI is InChI=1S/C11H16N2O5/c1-6(2)8(15)3-7-4-10(17)13(11(7)18)12-9(16)5-14/h6-7,14H,3-5H2,1-2H3,(H,12,16). The Balaban J connectivity index is 2.66. The first-order valence-electron chi connectivity index (χ1n) is 5.66. The van der Waals surface area contributed by atoms with Gasteiger partial charge in [-0.05, 0) is 0 Å². The molecule has 0 spiro atoms. The number of hydrogen-bond donors (Lipinski definition) is 2. The van der Waals surface area contributed by atoms with Crippen LogP contribution < -0.4 is 5.43 Å². The highest BCUT2D eigenvalue weighted by Crippen LogP contribution is 2.22. The average Bonchev–Trinajstić information content (AvgIpc) is 2.56. The number of Topliss-reactive ketones (excluding diaryl/α,β-unsaturated/α-hetero) is 1. The van der Waals surface area contributed by atoms with Crippen LogP contribution in [0.15, 0.2) is 0 Å². The van der Waals surface area contributed by atoms with Crippen LogP contribution in [0.5, 0.6) is 0 Å².